The number of anilines is 3. The second kappa shape index (κ2) is 11.1. The van der Waals surface area contributed by atoms with E-state index in [0.717, 1.165) is 28.6 Å². The normalized spacial score (nSPS) is 11.7. The summed E-state index contributed by atoms with van der Waals surface area (Å²) in [5, 5.41) is 3.33. The Balaban J connectivity index is 1.29. The van der Waals surface area contributed by atoms with Gasteiger partial charge in [0.1, 0.15) is 39.9 Å². The van der Waals surface area contributed by atoms with Crippen molar-refractivity contribution in [2.24, 2.45) is 0 Å². The third-order valence-corrected chi connectivity index (χ3v) is 9.30. The molecule has 4 aromatic heterocycles. The molecule has 0 aliphatic rings. The number of benzene rings is 3. The molecule has 15 heteroatoms. The number of nitrogens with one attached hydrogen (secondary N) is 3. The first-order valence-electron chi connectivity index (χ1n) is 13.1. The summed E-state index contributed by atoms with van der Waals surface area (Å²) in [6, 6.07) is 17.0. The van der Waals surface area contributed by atoms with Crippen LogP contribution in [0, 0.1) is 11.6 Å². The number of imidazole rings is 1. The molecule has 3 aromatic carbocycles. The molecule has 0 radical (unpaired) electrons. The van der Waals surface area contributed by atoms with Crippen LogP contribution >= 0.6 is 23.2 Å². The van der Waals surface area contributed by atoms with Gasteiger partial charge in [-0.25, -0.2) is 37.1 Å². The minimum atomic E-state index is -4.40. The SMILES string of the molecule is O=S(=O)(Nc1ccc(F)c(Nc2ncnc3ccc(-n4cc(-c5ncc[nH]5)c5ccccc54)nc23)c1F)c1cccc(Cl)c1Cl. The van der Waals surface area contributed by atoms with Gasteiger partial charge in [0.2, 0.25) is 0 Å². The van der Waals surface area contributed by atoms with Crippen molar-refractivity contribution >= 4 is 72.4 Å². The summed E-state index contributed by atoms with van der Waals surface area (Å²) in [4.78, 5) is 20.3. The lowest BCUT2D eigenvalue weighted by Gasteiger charge is -2.15. The molecule has 4 heterocycles. The summed E-state index contributed by atoms with van der Waals surface area (Å²) < 4.78 is 60.8. The first kappa shape index (κ1) is 28.6. The fraction of sp³-hybridized carbons (Fsp3) is 0. The molecule has 7 rings (SSSR count). The van der Waals surface area contributed by atoms with Crippen molar-refractivity contribution in [3.8, 4) is 17.2 Å². The molecular weight excluding hydrogens is 645 g/mol. The summed E-state index contributed by atoms with van der Waals surface area (Å²) in [5.74, 6) is -1.08. The van der Waals surface area contributed by atoms with Gasteiger partial charge in [-0.15, -0.1) is 0 Å². The third-order valence-electron chi connectivity index (χ3n) is 6.96. The highest BCUT2D eigenvalue weighted by Crippen LogP contribution is 2.35. The summed E-state index contributed by atoms with van der Waals surface area (Å²) in [5.41, 5.74) is 1.11. The van der Waals surface area contributed by atoms with Crippen LogP contribution in [0.15, 0.2) is 96.5 Å². The Hall–Kier alpha value is -5.11. The number of para-hydroxylation sites is 1. The van der Waals surface area contributed by atoms with Gasteiger partial charge >= 0.3 is 0 Å². The van der Waals surface area contributed by atoms with Gasteiger partial charge in [-0.1, -0.05) is 47.5 Å². The lowest BCUT2D eigenvalue weighted by Crippen LogP contribution is -2.15. The van der Waals surface area contributed by atoms with Gasteiger partial charge in [0.05, 0.1) is 26.8 Å². The first-order chi connectivity index (χ1) is 21.7. The van der Waals surface area contributed by atoms with Crippen LogP contribution in [0.3, 0.4) is 0 Å². The number of H-pyrrole nitrogens is 1. The number of aromatic nitrogens is 6. The molecule has 0 aliphatic carbocycles. The van der Waals surface area contributed by atoms with Crippen molar-refractivity contribution in [2.45, 2.75) is 4.90 Å². The molecule has 0 spiro atoms. The van der Waals surface area contributed by atoms with Crippen LogP contribution in [0.2, 0.25) is 10.0 Å². The van der Waals surface area contributed by atoms with Crippen molar-refractivity contribution in [1.29, 1.82) is 0 Å². The highest BCUT2D eigenvalue weighted by molar-refractivity contribution is 7.92. The van der Waals surface area contributed by atoms with E-state index in [1.165, 1.54) is 24.5 Å². The molecule has 3 N–H and O–H groups in total. The summed E-state index contributed by atoms with van der Waals surface area (Å²) >= 11 is 12.0. The summed E-state index contributed by atoms with van der Waals surface area (Å²) in [7, 11) is -4.40. The molecule has 0 fully saturated rings. The molecule has 7 aromatic rings. The van der Waals surface area contributed by atoms with Crippen molar-refractivity contribution < 1.29 is 17.2 Å². The quantitative estimate of drug-likeness (QED) is 0.161. The Labute approximate surface area is 263 Å². The lowest BCUT2D eigenvalue weighted by molar-refractivity contribution is 0.588. The highest BCUT2D eigenvalue weighted by atomic mass is 35.5. The van der Waals surface area contributed by atoms with Crippen LogP contribution in [0.25, 0.3) is 39.1 Å². The Morgan fingerprint density at radius 1 is 0.911 bits per heavy atom. The van der Waals surface area contributed by atoms with E-state index < -0.39 is 33.0 Å². The number of nitrogens with zero attached hydrogens (tertiary/aromatic N) is 5. The molecule has 0 unspecified atom stereocenters. The van der Waals surface area contributed by atoms with E-state index in [4.69, 9.17) is 28.2 Å². The molecule has 0 bridgehead atoms. The van der Waals surface area contributed by atoms with Crippen LogP contribution in [-0.2, 0) is 10.0 Å². The van der Waals surface area contributed by atoms with E-state index in [2.05, 4.69) is 30.0 Å². The van der Waals surface area contributed by atoms with Gasteiger partial charge in [-0.2, -0.15) is 0 Å². The molecule has 0 saturated heterocycles. The molecule has 45 heavy (non-hydrogen) atoms. The summed E-state index contributed by atoms with van der Waals surface area (Å²) in [6.45, 7) is 0. The Morgan fingerprint density at radius 2 is 1.76 bits per heavy atom. The number of aromatic amines is 1. The van der Waals surface area contributed by atoms with Crippen molar-refractivity contribution in [3.05, 3.63) is 113 Å². The van der Waals surface area contributed by atoms with Crippen molar-refractivity contribution in [1.82, 2.24) is 29.5 Å². The maximum atomic E-state index is 15.7. The van der Waals surface area contributed by atoms with E-state index in [-0.39, 0.29) is 26.3 Å². The molecule has 0 amide bonds. The predicted octanol–water partition coefficient (Wildman–Crippen LogP) is 7.49. The maximum absolute atomic E-state index is 15.7. The van der Waals surface area contributed by atoms with Gasteiger partial charge < -0.3 is 14.9 Å². The zero-order chi connectivity index (χ0) is 31.3. The smallest absolute Gasteiger partial charge is 0.263 e. The van der Waals surface area contributed by atoms with Crippen LogP contribution in [0.4, 0.5) is 26.0 Å². The maximum Gasteiger partial charge on any atom is 0.263 e. The van der Waals surface area contributed by atoms with Crippen molar-refractivity contribution in [2.75, 3.05) is 10.0 Å². The molecule has 0 saturated carbocycles. The Kier molecular flexibility index (Phi) is 7.07. The van der Waals surface area contributed by atoms with Gasteiger partial charge in [0, 0.05) is 29.5 Å². The standard InChI is InChI=1S/C30H18Cl2F2N8O2S/c31-18-5-3-7-23(25(18)32)45(43,44)41-20-9-8-19(33)27(26(20)34)40-30-28-21(37-15-38-30)10-11-24(39-28)42-14-17(29-35-12-13-36-29)16-4-1-2-6-22(16)42/h1-15,41H,(H,35,36)(H,37,38,40). The molecule has 224 valence electrons. The third kappa shape index (κ3) is 5.10. The number of hydrogen-bond acceptors (Lipinski definition) is 7. The van der Waals surface area contributed by atoms with Crippen LogP contribution in [0.1, 0.15) is 0 Å². The zero-order valence-corrected chi connectivity index (χ0v) is 25.0. The topological polar surface area (TPSA) is 130 Å². The van der Waals surface area contributed by atoms with Crippen LogP contribution in [0.5, 0.6) is 0 Å². The Bertz CT molecular complexity index is 2370. The number of rotatable bonds is 7. The predicted molar refractivity (Wildman–Crippen MR) is 169 cm³/mol. The number of fused-ring (bicyclic) bond motifs is 2. The van der Waals surface area contributed by atoms with Gasteiger partial charge in [0.25, 0.3) is 10.0 Å². The largest absolute Gasteiger partial charge is 0.345 e. The zero-order valence-electron chi connectivity index (χ0n) is 22.6. The Morgan fingerprint density at radius 3 is 2.58 bits per heavy atom. The number of hydrogen-bond donors (Lipinski definition) is 3. The van der Waals surface area contributed by atoms with Gasteiger partial charge in [-0.05, 0) is 42.5 Å². The summed E-state index contributed by atoms with van der Waals surface area (Å²) in [6.07, 6.45) is 6.50. The molecule has 0 aliphatic heterocycles. The van der Waals surface area contributed by atoms with E-state index in [1.54, 1.807) is 24.5 Å². The number of halogens is 4. The molecule has 10 nitrogen and oxygen atoms in total. The van der Waals surface area contributed by atoms with Crippen LogP contribution < -0.4 is 10.0 Å². The van der Waals surface area contributed by atoms with Crippen molar-refractivity contribution in [3.63, 3.8) is 0 Å². The monoisotopic (exact) mass is 662 g/mol. The number of pyridine rings is 1. The minimum Gasteiger partial charge on any atom is -0.345 e. The number of sulfonamides is 1. The average molecular weight is 663 g/mol. The fourth-order valence-corrected chi connectivity index (χ4v) is 6.70. The van der Waals surface area contributed by atoms with Gasteiger partial charge in [-0.3, -0.25) is 4.72 Å². The van der Waals surface area contributed by atoms with E-state index in [1.807, 2.05) is 35.0 Å². The van der Waals surface area contributed by atoms with E-state index in [9.17, 15) is 8.42 Å². The molecular formula is C30H18Cl2F2N8O2S. The lowest BCUT2D eigenvalue weighted by atomic mass is 10.2. The molecule has 0 atom stereocenters. The van der Waals surface area contributed by atoms with E-state index in [0.29, 0.717) is 17.2 Å². The van der Waals surface area contributed by atoms with Crippen LogP contribution in [-0.4, -0.2) is 37.9 Å². The fourth-order valence-electron chi connectivity index (χ4n) is 4.88. The van der Waals surface area contributed by atoms with Gasteiger partial charge in [0.15, 0.2) is 11.6 Å². The second-order valence-corrected chi connectivity index (χ2v) is 12.1. The first-order valence-corrected chi connectivity index (χ1v) is 15.4. The van der Waals surface area contributed by atoms with E-state index >= 15 is 8.78 Å². The highest BCUT2D eigenvalue weighted by Gasteiger charge is 2.24. The second-order valence-electron chi connectivity index (χ2n) is 9.69. The average Bonchev–Trinajstić information content (AvgIpc) is 3.70. The minimum absolute atomic E-state index is 0.00548.